The molecule has 1 aromatic rings. The van der Waals surface area contributed by atoms with Gasteiger partial charge in [0.25, 0.3) is 0 Å². The fraction of sp³-hybridized carbons (Fsp3) is 0.538. The number of rotatable bonds is 2. The lowest BCUT2D eigenvalue weighted by Gasteiger charge is -2.37. The predicted molar refractivity (Wildman–Crippen MR) is 74.8 cm³/mol. The zero-order valence-electron chi connectivity index (χ0n) is 10.5. The van der Waals surface area contributed by atoms with E-state index in [0.29, 0.717) is 11.1 Å². The van der Waals surface area contributed by atoms with Crippen LogP contribution in [0, 0.1) is 0 Å². The van der Waals surface area contributed by atoms with Gasteiger partial charge >= 0.3 is 0 Å². The maximum absolute atomic E-state index is 6.01. The van der Waals surface area contributed by atoms with Crippen LogP contribution >= 0.6 is 11.6 Å². The first-order valence-electron chi connectivity index (χ1n) is 6.04. The average Bonchev–Trinajstić information content (AvgIpc) is 2.29. The Balaban J connectivity index is 2.05. The fourth-order valence-corrected chi connectivity index (χ4v) is 2.62. The molecule has 3 nitrogen and oxygen atoms in total. The number of nitrogen functional groups attached to an aromatic ring is 1. The molecule has 0 atom stereocenters. The average molecular weight is 254 g/mol. The van der Waals surface area contributed by atoms with Gasteiger partial charge in [0.2, 0.25) is 0 Å². The molecule has 1 aliphatic heterocycles. The molecule has 1 aliphatic rings. The van der Waals surface area contributed by atoms with Crippen molar-refractivity contribution < 1.29 is 0 Å². The van der Waals surface area contributed by atoms with E-state index in [2.05, 4.69) is 23.9 Å². The molecule has 1 saturated heterocycles. The Kier molecular flexibility index (Phi) is 3.79. The van der Waals surface area contributed by atoms with Crippen LogP contribution in [-0.2, 0) is 0 Å². The number of nitrogens with two attached hydrogens (primary N) is 1. The number of benzene rings is 1. The second-order valence-electron chi connectivity index (χ2n) is 4.88. The summed E-state index contributed by atoms with van der Waals surface area (Å²) in [7, 11) is 4.30. The highest BCUT2D eigenvalue weighted by molar-refractivity contribution is 6.31. The van der Waals surface area contributed by atoms with Crippen molar-refractivity contribution in [3.8, 4) is 0 Å². The van der Waals surface area contributed by atoms with Crippen LogP contribution in [0.5, 0.6) is 0 Å². The maximum atomic E-state index is 6.01. The highest BCUT2D eigenvalue weighted by Crippen LogP contribution is 2.29. The molecule has 2 rings (SSSR count). The van der Waals surface area contributed by atoms with E-state index in [1.165, 1.54) is 12.8 Å². The van der Waals surface area contributed by atoms with E-state index in [1.807, 2.05) is 18.2 Å². The van der Waals surface area contributed by atoms with E-state index in [9.17, 15) is 0 Å². The third-order valence-corrected chi connectivity index (χ3v) is 3.76. The molecule has 17 heavy (non-hydrogen) atoms. The lowest BCUT2D eigenvalue weighted by molar-refractivity contribution is 0.250. The Hall–Kier alpha value is -0.930. The molecule has 0 radical (unpaired) electrons. The first-order chi connectivity index (χ1) is 8.08. The van der Waals surface area contributed by atoms with Crippen molar-refractivity contribution in [3.63, 3.8) is 0 Å². The normalized spacial score (nSPS) is 17.8. The lowest BCUT2D eigenvalue weighted by atomic mass is 10.0. The SMILES string of the molecule is CN(C)C1CCN(c2ccc(Cl)cc2N)CC1. The Bertz CT molecular complexity index is 384. The number of hydrogen-bond acceptors (Lipinski definition) is 3. The molecule has 4 heteroatoms. The zero-order chi connectivity index (χ0) is 12.4. The topological polar surface area (TPSA) is 32.5 Å². The minimum absolute atomic E-state index is 0.694. The smallest absolute Gasteiger partial charge is 0.0600 e. The molecule has 0 aromatic heterocycles. The third kappa shape index (κ3) is 2.85. The Morgan fingerprint density at radius 3 is 2.47 bits per heavy atom. The van der Waals surface area contributed by atoms with Gasteiger partial charge in [0.05, 0.1) is 11.4 Å². The first-order valence-corrected chi connectivity index (χ1v) is 6.42. The highest BCUT2D eigenvalue weighted by atomic mass is 35.5. The summed E-state index contributed by atoms with van der Waals surface area (Å²) in [5.74, 6) is 0. The summed E-state index contributed by atoms with van der Waals surface area (Å²) >= 11 is 5.92. The molecule has 1 fully saturated rings. The molecule has 0 spiro atoms. The summed E-state index contributed by atoms with van der Waals surface area (Å²) in [5, 5.41) is 0.703. The monoisotopic (exact) mass is 253 g/mol. The van der Waals surface area contributed by atoms with Crippen LogP contribution < -0.4 is 10.6 Å². The molecule has 0 unspecified atom stereocenters. The maximum Gasteiger partial charge on any atom is 0.0600 e. The van der Waals surface area contributed by atoms with Crippen LogP contribution in [0.15, 0.2) is 18.2 Å². The Morgan fingerprint density at radius 1 is 1.29 bits per heavy atom. The second-order valence-corrected chi connectivity index (χ2v) is 5.32. The van der Waals surface area contributed by atoms with E-state index in [0.717, 1.165) is 24.5 Å². The van der Waals surface area contributed by atoms with Crippen LogP contribution in [0.4, 0.5) is 11.4 Å². The van der Waals surface area contributed by atoms with Crippen molar-refractivity contribution in [1.82, 2.24) is 4.90 Å². The summed E-state index contributed by atoms with van der Waals surface area (Å²) in [5.41, 5.74) is 7.91. The number of piperidine rings is 1. The molecule has 0 aliphatic carbocycles. The quantitative estimate of drug-likeness (QED) is 0.822. The molecule has 0 amide bonds. The molecular weight excluding hydrogens is 234 g/mol. The van der Waals surface area contributed by atoms with Crippen molar-refractivity contribution in [2.75, 3.05) is 37.8 Å². The van der Waals surface area contributed by atoms with Crippen LogP contribution in [0.25, 0.3) is 0 Å². The minimum atomic E-state index is 0.694. The van der Waals surface area contributed by atoms with E-state index in [-0.39, 0.29) is 0 Å². The number of anilines is 2. The van der Waals surface area contributed by atoms with E-state index >= 15 is 0 Å². The van der Waals surface area contributed by atoms with Crippen LogP contribution in [0.1, 0.15) is 12.8 Å². The molecule has 1 heterocycles. The van der Waals surface area contributed by atoms with Crippen molar-refractivity contribution >= 4 is 23.0 Å². The van der Waals surface area contributed by atoms with Gasteiger partial charge in [-0.05, 0) is 45.1 Å². The second kappa shape index (κ2) is 5.15. The molecule has 0 saturated carbocycles. The molecular formula is C13H20ClN3. The molecule has 2 N–H and O–H groups in total. The Morgan fingerprint density at radius 2 is 1.94 bits per heavy atom. The van der Waals surface area contributed by atoms with Crippen molar-refractivity contribution in [3.05, 3.63) is 23.2 Å². The standard InChI is InChI=1S/C13H20ClN3/c1-16(2)11-5-7-17(8-6-11)13-4-3-10(14)9-12(13)15/h3-4,9,11H,5-8,15H2,1-2H3. The Labute approximate surface area is 108 Å². The van der Waals surface area contributed by atoms with Crippen LogP contribution in [-0.4, -0.2) is 38.1 Å². The van der Waals surface area contributed by atoms with Crippen molar-refractivity contribution in [1.29, 1.82) is 0 Å². The summed E-state index contributed by atoms with van der Waals surface area (Å²) in [6.07, 6.45) is 2.38. The first kappa shape index (κ1) is 12.5. The number of hydrogen-bond donors (Lipinski definition) is 1. The largest absolute Gasteiger partial charge is 0.397 e. The van der Waals surface area contributed by atoms with Gasteiger partial charge in [-0.2, -0.15) is 0 Å². The van der Waals surface area contributed by atoms with Gasteiger partial charge in [-0.15, -0.1) is 0 Å². The number of halogens is 1. The highest BCUT2D eigenvalue weighted by Gasteiger charge is 2.21. The lowest BCUT2D eigenvalue weighted by Crippen LogP contribution is -2.42. The fourth-order valence-electron chi connectivity index (χ4n) is 2.44. The summed E-state index contributed by atoms with van der Waals surface area (Å²) in [6, 6.07) is 6.45. The predicted octanol–water partition coefficient (Wildman–Crippen LogP) is 2.45. The van der Waals surface area contributed by atoms with Crippen molar-refractivity contribution in [2.24, 2.45) is 0 Å². The van der Waals surface area contributed by atoms with Gasteiger partial charge in [0.15, 0.2) is 0 Å². The van der Waals surface area contributed by atoms with E-state index in [4.69, 9.17) is 17.3 Å². The van der Waals surface area contributed by atoms with E-state index < -0.39 is 0 Å². The van der Waals surface area contributed by atoms with Crippen LogP contribution in [0.2, 0.25) is 5.02 Å². The van der Waals surface area contributed by atoms with Gasteiger partial charge in [-0.25, -0.2) is 0 Å². The third-order valence-electron chi connectivity index (χ3n) is 3.53. The molecule has 94 valence electrons. The van der Waals surface area contributed by atoms with Crippen LogP contribution in [0.3, 0.4) is 0 Å². The van der Waals surface area contributed by atoms with Gasteiger partial charge in [0.1, 0.15) is 0 Å². The van der Waals surface area contributed by atoms with Gasteiger partial charge < -0.3 is 15.5 Å². The summed E-state index contributed by atoms with van der Waals surface area (Å²) in [6.45, 7) is 2.13. The van der Waals surface area contributed by atoms with Gasteiger partial charge in [-0.3, -0.25) is 0 Å². The number of nitrogens with zero attached hydrogens (tertiary/aromatic N) is 2. The van der Waals surface area contributed by atoms with Gasteiger partial charge in [0, 0.05) is 24.2 Å². The van der Waals surface area contributed by atoms with E-state index in [1.54, 1.807) is 0 Å². The minimum Gasteiger partial charge on any atom is -0.397 e. The van der Waals surface area contributed by atoms with Gasteiger partial charge in [-0.1, -0.05) is 11.6 Å². The molecule has 0 bridgehead atoms. The summed E-state index contributed by atoms with van der Waals surface area (Å²) in [4.78, 5) is 4.66. The summed E-state index contributed by atoms with van der Waals surface area (Å²) < 4.78 is 0. The van der Waals surface area contributed by atoms with Crippen molar-refractivity contribution in [2.45, 2.75) is 18.9 Å². The zero-order valence-corrected chi connectivity index (χ0v) is 11.2. The molecule has 1 aromatic carbocycles.